The number of amides is 5. The number of nitrogens with one attached hydrogen (secondary N) is 5. The molecule has 46 nitrogen and oxygen atoms in total. The van der Waals surface area contributed by atoms with Crippen molar-refractivity contribution in [1.82, 2.24) is 26.6 Å². The fourth-order valence-corrected chi connectivity index (χ4v) is 14.0. The average molecular weight is 1750 g/mol. The fourth-order valence-electron chi connectivity index (χ4n) is 13.4. The molecule has 5 fully saturated rings. The second kappa shape index (κ2) is 49.6. The Hall–Kier alpha value is -6.85. The third-order valence-corrected chi connectivity index (χ3v) is 20.4. The molecule has 0 radical (unpaired) electrons. The van der Waals surface area contributed by atoms with E-state index in [1.54, 1.807) is 51.1 Å². The number of carboxylic acids is 1. The smallest absolute Gasteiger partial charge is 0.470 e. The Labute approximate surface area is 688 Å². The van der Waals surface area contributed by atoms with E-state index in [-0.39, 0.29) is 58.0 Å². The van der Waals surface area contributed by atoms with Gasteiger partial charge in [0.2, 0.25) is 29.5 Å². The monoisotopic (exact) mass is 1750 g/mol. The lowest BCUT2D eigenvalue weighted by atomic mass is 9.88. The Morgan fingerprint density at radius 2 is 1.05 bits per heavy atom. The molecule has 5 aliphatic rings. The summed E-state index contributed by atoms with van der Waals surface area (Å²) in [5.41, 5.74) is 0.500. The van der Waals surface area contributed by atoms with Crippen LogP contribution in [0.25, 0.3) is 0 Å². The lowest BCUT2D eigenvalue weighted by Crippen LogP contribution is -2.71. The molecule has 9 unspecified atom stereocenters. The van der Waals surface area contributed by atoms with Crippen molar-refractivity contribution in [2.45, 2.75) is 303 Å². The van der Waals surface area contributed by atoms with Crippen molar-refractivity contribution in [2.24, 2.45) is 0 Å². The van der Waals surface area contributed by atoms with Crippen LogP contribution in [0.4, 0.5) is 0 Å². The van der Waals surface area contributed by atoms with Crippen LogP contribution in [0.3, 0.4) is 0 Å². The summed E-state index contributed by atoms with van der Waals surface area (Å²) in [6.45, 7) is 2.55. The quantitative estimate of drug-likeness (QED) is 0.0125. The van der Waals surface area contributed by atoms with E-state index in [4.69, 9.17) is 70.8 Å². The topological polar surface area (TPSA) is 690 Å². The van der Waals surface area contributed by atoms with E-state index in [0.717, 1.165) is 0 Å². The molecule has 0 spiro atoms. The Kier molecular flexibility index (Phi) is 42.1. The van der Waals surface area contributed by atoms with Crippen molar-refractivity contribution in [2.75, 3.05) is 59.3 Å². The van der Waals surface area contributed by atoms with Crippen LogP contribution < -0.4 is 26.6 Å². The minimum atomic E-state index is -5.62. The van der Waals surface area contributed by atoms with E-state index in [1.165, 1.54) is 20.8 Å². The summed E-state index contributed by atoms with van der Waals surface area (Å²) >= 11 is 0. The number of ether oxygens (including phenoxy) is 14. The molecular formula is C73H116N5O41P. The van der Waals surface area contributed by atoms with Gasteiger partial charge in [0, 0.05) is 58.0 Å². The molecule has 47 heteroatoms. The largest absolute Gasteiger partial charge is 0.477 e. The number of benzene rings is 1. The van der Waals surface area contributed by atoms with Gasteiger partial charge in [-0.2, -0.15) is 0 Å². The highest BCUT2D eigenvalue weighted by atomic mass is 31.2. The first-order chi connectivity index (χ1) is 57.0. The summed E-state index contributed by atoms with van der Waals surface area (Å²) in [4.78, 5) is 152. The predicted octanol–water partition coefficient (Wildman–Crippen LogP) is -7.01. The lowest BCUT2D eigenvalue weighted by molar-refractivity contribution is -0.386. The highest BCUT2D eigenvalue weighted by Crippen LogP contribution is 2.44. The second-order valence-electron chi connectivity index (χ2n) is 28.8. The highest BCUT2D eigenvalue weighted by Gasteiger charge is 2.61. The van der Waals surface area contributed by atoms with Gasteiger partial charge < -0.3 is 169 Å². The zero-order chi connectivity index (χ0) is 88.9. The van der Waals surface area contributed by atoms with Gasteiger partial charge in [-0.1, -0.05) is 78.3 Å². The standard InChI is InChI=1S/C73H116N5O41P/c1-7-13-19-46(87)76-54-64(114-51(92)12-6)58(96)43(34-107-69-55(78-48(89)27-36(8-2)108-49(90)10-4)66(63(42(33-82)111-69)119-120(102,103)104)115-52(93)28-37(9-3)109-50(91)11-5)113-68(54)105-24-22-74-44(85)20-21-45(86)75-23-25-106-70-60(98)59(97)62(41(32-81)112-70)116-71-61(99)67(57(95)40(31-80)110-71)118-73(72(100)101)29-38(83)53(65(117-73)56(94)39(84)30-79)77-47(88)26-35-17-15-14-16-18-35/h14-18,36-43,53-71,79-84,94-99H,7-13,19-34H2,1-6H3,(H,74,85)(H,75,86)(H,76,87)(H,77,88)(H,78,89)(H,100,101)(H2,102,103,104)/t36-,37-,38-,39-,40?,41?,42?,43?,53-,54?,55?,56-,57+,58-,59-,60+,61?,62-,63-,64-,65?,66-,67+,68-,69-,70?,71+,73+/m1/s1. The van der Waals surface area contributed by atoms with Crippen LogP contribution >= 0.6 is 7.82 Å². The van der Waals surface area contributed by atoms with E-state index in [0.29, 0.717) is 18.4 Å². The van der Waals surface area contributed by atoms with Gasteiger partial charge in [0.1, 0.15) is 116 Å². The molecule has 0 bridgehead atoms. The van der Waals surface area contributed by atoms with Gasteiger partial charge in [-0.05, 0) is 24.8 Å². The molecule has 5 saturated heterocycles. The van der Waals surface area contributed by atoms with Crippen LogP contribution in [0, 0.1) is 0 Å². The number of carbonyl (C=O) groups is 10. The summed E-state index contributed by atoms with van der Waals surface area (Å²) in [6.07, 6.45) is -48.9. The second-order valence-corrected chi connectivity index (χ2v) is 30.0. The van der Waals surface area contributed by atoms with Crippen LogP contribution in [0.15, 0.2) is 30.3 Å². The maximum Gasteiger partial charge on any atom is 0.470 e. The Morgan fingerprint density at radius 1 is 0.533 bits per heavy atom. The van der Waals surface area contributed by atoms with Gasteiger partial charge >= 0.3 is 37.7 Å². The number of unbranched alkanes of at least 4 members (excludes halogenated alkanes) is 1. The Morgan fingerprint density at radius 3 is 1.61 bits per heavy atom. The zero-order valence-electron chi connectivity index (χ0n) is 67.0. The number of esters is 4. The van der Waals surface area contributed by atoms with Crippen LogP contribution in [-0.4, -0.2) is 366 Å². The van der Waals surface area contributed by atoms with Gasteiger partial charge in [-0.15, -0.1) is 0 Å². The first-order valence-electron chi connectivity index (χ1n) is 39.5. The molecule has 5 amide bonds. The van der Waals surface area contributed by atoms with Gasteiger partial charge in [0.25, 0.3) is 5.79 Å². The first kappa shape index (κ1) is 102. The Bertz CT molecular complexity index is 3460. The van der Waals surface area contributed by atoms with Gasteiger partial charge in [-0.25, -0.2) is 9.36 Å². The summed E-state index contributed by atoms with van der Waals surface area (Å²) in [7, 11) is -5.62. The van der Waals surface area contributed by atoms with Crippen molar-refractivity contribution >= 4 is 67.2 Å². The summed E-state index contributed by atoms with van der Waals surface area (Å²) in [6, 6.07) is 3.07. The number of carbonyl (C=O) groups excluding carboxylic acids is 9. The molecule has 28 atom stereocenters. The number of carboxylic acid groups (broad SMARTS) is 1. The van der Waals surface area contributed by atoms with E-state index < -0.39 is 317 Å². The van der Waals surface area contributed by atoms with Crippen molar-refractivity contribution < 1.29 is 200 Å². The molecule has 1 aromatic carbocycles. The fraction of sp³-hybridized carbons (Fsp3) is 0.781. The number of phosphoric acid groups is 1. The van der Waals surface area contributed by atoms with Crippen molar-refractivity contribution in [3.63, 3.8) is 0 Å². The molecule has 120 heavy (non-hydrogen) atoms. The van der Waals surface area contributed by atoms with Crippen LogP contribution in [0.1, 0.15) is 131 Å². The third kappa shape index (κ3) is 29.7. The number of hydrogen-bond acceptors (Lipinski definition) is 38. The number of aliphatic hydroxyl groups excluding tert-OH is 12. The predicted molar refractivity (Wildman–Crippen MR) is 396 cm³/mol. The van der Waals surface area contributed by atoms with Crippen LogP contribution in [0.2, 0.25) is 0 Å². The molecule has 0 aromatic heterocycles. The molecular weight excluding hydrogens is 1630 g/mol. The minimum Gasteiger partial charge on any atom is -0.477 e. The normalized spacial score (nSPS) is 31.8. The van der Waals surface area contributed by atoms with E-state index in [2.05, 4.69) is 26.6 Å². The number of phosphoric ester groups is 1. The molecule has 6 rings (SSSR count). The number of aliphatic hydroxyl groups is 12. The van der Waals surface area contributed by atoms with Crippen LogP contribution in [0.5, 0.6) is 0 Å². The minimum absolute atomic E-state index is 0.0679. The van der Waals surface area contributed by atoms with E-state index >= 15 is 0 Å². The number of aliphatic carboxylic acids is 1. The molecule has 20 N–H and O–H groups in total. The van der Waals surface area contributed by atoms with Gasteiger partial charge in [0.15, 0.2) is 37.4 Å². The van der Waals surface area contributed by atoms with Gasteiger partial charge in [0.05, 0.1) is 77.7 Å². The van der Waals surface area contributed by atoms with Crippen molar-refractivity contribution in [1.29, 1.82) is 0 Å². The highest BCUT2D eigenvalue weighted by molar-refractivity contribution is 7.46. The van der Waals surface area contributed by atoms with Crippen molar-refractivity contribution in [3.05, 3.63) is 35.9 Å². The van der Waals surface area contributed by atoms with Gasteiger partial charge in [-0.3, -0.25) is 47.7 Å². The molecule has 0 saturated carbocycles. The molecule has 5 aliphatic heterocycles. The van der Waals surface area contributed by atoms with E-state index in [1.807, 2.05) is 0 Å². The van der Waals surface area contributed by atoms with Crippen LogP contribution in [-0.2, 0) is 130 Å². The SMILES string of the molecule is CCCCC(=O)NC1[C@H](OCCNC(=O)CCC(=O)NCCOC2OC(CO)[C@@H](O[C@@H]3OC(CO)[C@H](O)[C@H](O[C@]4(C(=O)O)C[C@@H](O)[C@@H](NC(=O)Cc5ccccc5)C([C@H](O)[C@H](O)CO)O4)C3O)[C@H](O)[C@@H]2O)OC(CO[C@@H]2OC(CO)[C@@H](OP(=O)(O)O)[C@H](OC(=O)C[C@@H](CC)OC(=O)CC)C2NC(=O)C[C@@H](CC)OC(=O)CC)[C@@H](O)[C@@H]1OC(=O)CC. The maximum atomic E-state index is 14.0. The maximum absolute atomic E-state index is 14.0. The molecule has 1 aromatic rings. The lowest BCUT2D eigenvalue weighted by Gasteiger charge is -2.50. The summed E-state index contributed by atoms with van der Waals surface area (Å²) in [5, 5.41) is 155. The third-order valence-electron chi connectivity index (χ3n) is 19.9. The van der Waals surface area contributed by atoms with E-state index in [9.17, 15) is 129 Å². The molecule has 0 aliphatic carbocycles. The van der Waals surface area contributed by atoms with Crippen molar-refractivity contribution in [3.8, 4) is 0 Å². The molecule has 684 valence electrons. The number of hydrogen-bond donors (Lipinski definition) is 20. The zero-order valence-corrected chi connectivity index (χ0v) is 67.9. The molecule has 5 heterocycles. The number of rotatable bonds is 48. The first-order valence-corrected chi connectivity index (χ1v) is 41.1. The summed E-state index contributed by atoms with van der Waals surface area (Å²) < 4.78 is 98.4. The summed E-state index contributed by atoms with van der Waals surface area (Å²) in [5.74, 6) is -12.5. The Balaban J connectivity index is 1.08. The average Bonchev–Trinajstić information content (AvgIpc) is 0.754.